The lowest BCUT2D eigenvalue weighted by Gasteiger charge is -2.40. The van der Waals surface area contributed by atoms with Gasteiger partial charge < -0.3 is 10.6 Å². The van der Waals surface area contributed by atoms with Gasteiger partial charge in [-0.3, -0.25) is 0 Å². The molecule has 1 aromatic carbocycles. The molecule has 21 heavy (non-hydrogen) atoms. The van der Waals surface area contributed by atoms with Crippen LogP contribution in [0.1, 0.15) is 61.6 Å². The van der Waals surface area contributed by atoms with Crippen molar-refractivity contribution in [2.75, 3.05) is 19.6 Å². The summed E-state index contributed by atoms with van der Waals surface area (Å²) in [6, 6.07) is 7.87. The maximum absolute atomic E-state index is 6.20. The Morgan fingerprint density at radius 2 is 1.95 bits per heavy atom. The minimum atomic E-state index is 0.512. The van der Waals surface area contributed by atoms with Crippen molar-refractivity contribution < 1.29 is 0 Å². The highest BCUT2D eigenvalue weighted by Crippen LogP contribution is 2.32. The van der Waals surface area contributed by atoms with Gasteiger partial charge in [0.1, 0.15) is 0 Å². The molecule has 1 aliphatic heterocycles. The van der Waals surface area contributed by atoms with Gasteiger partial charge in [-0.2, -0.15) is 0 Å². The third-order valence-electron chi connectivity index (χ3n) is 5.59. The molecule has 0 bridgehead atoms. The number of nitrogens with zero attached hydrogens (tertiary/aromatic N) is 1. The minimum absolute atomic E-state index is 0.512. The van der Waals surface area contributed by atoms with Gasteiger partial charge >= 0.3 is 0 Å². The first kappa shape index (κ1) is 15.1. The molecule has 1 fully saturated rings. The fourth-order valence-corrected chi connectivity index (χ4v) is 4.36. The van der Waals surface area contributed by atoms with Crippen LogP contribution in [0, 0.1) is 0 Å². The van der Waals surface area contributed by atoms with Gasteiger partial charge in [-0.05, 0) is 68.3 Å². The molecule has 2 aliphatic rings. The molecule has 0 saturated carbocycles. The summed E-state index contributed by atoms with van der Waals surface area (Å²) < 4.78 is 0. The number of likely N-dealkylation sites (N-methyl/N-ethyl adjacent to an activating group) is 1. The van der Waals surface area contributed by atoms with E-state index in [2.05, 4.69) is 30.0 Å². The van der Waals surface area contributed by atoms with Gasteiger partial charge in [0.05, 0.1) is 0 Å². The molecule has 2 heteroatoms. The second-order valence-corrected chi connectivity index (χ2v) is 6.77. The van der Waals surface area contributed by atoms with Gasteiger partial charge in [-0.15, -0.1) is 0 Å². The molecule has 3 rings (SSSR count). The van der Waals surface area contributed by atoms with Gasteiger partial charge in [-0.1, -0.05) is 31.5 Å². The van der Waals surface area contributed by atoms with E-state index in [9.17, 15) is 0 Å². The van der Waals surface area contributed by atoms with Crippen molar-refractivity contribution in [3.63, 3.8) is 0 Å². The minimum Gasteiger partial charge on any atom is -0.330 e. The zero-order chi connectivity index (χ0) is 14.7. The second kappa shape index (κ2) is 6.93. The number of benzene rings is 1. The van der Waals surface area contributed by atoms with Crippen LogP contribution in [0.25, 0.3) is 0 Å². The van der Waals surface area contributed by atoms with Crippen LogP contribution in [0.4, 0.5) is 0 Å². The van der Waals surface area contributed by atoms with Crippen LogP contribution in [-0.2, 0) is 12.8 Å². The Hall–Kier alpha value is -0.860. The van der Waals surface area contributed by atoms with E-state index < -0.39 is 0 Å². The summed E-state index contributed by atoms with van der Waals surface area (Å²) in [6.07, 6.45) is 9.28. The monoisotopic (exact) mass is 286 g/mol. The van der Waals surface area contributed by atoms with Gasteiger partial charge in [0.15, 0.2) is 0 Å². The molecule has 2 N–H and O–H groups in total. The van der Waals surface area contributed by atoms with E-state index >= 15 is 0 Å². The first-order valence-electron chi connectivity index (χ1n) is 8.89. The molecule has 0 aromatic heterocycles. The van der Waals surface area contributed by atoms with Gasteiger partial charge in [0, 0.05) is 18.5 Å². The molecule has 0 spiro atoms. The first-order chi connectivity index (χ1) is 10.3. The summed E-state index contributed by atoms with van der Waals surface area (Å²) in [4.78, 5) is 2.65. The SMILES string of the molecule is CCN1CCCCC1C(CN)c1ccc2c(c1)CCCC2. The van der Waals surface area contributed by atoms with Crippen molar-refractivity contribution in [3.05, 3.63) is 34.9 Å². The number of fused-ring (bicyclic) bond motifs is 1. The molecular formula is C19H30N2. The number of aryl methyl sites for hydroxylation is 2. The number of piperidine rings is 1. The third-order valence-corrected chi connectivity index (χ3v) is 5.59. The smallest absolute Gasteiger partial charge is 0.0176 e. The van der Waals surface area contributed by atoms with Crippen molar-refractivity contribution >= 4 is 0 Å². The lowest BCUT2D eigenvalue weighted by atomic mass is 9.82. The Bertz CT molecular complexity index is 469. The van der Waals surface area contributed by atoms with E-state index in [-0.39, 0.29) is 0 Å². The van der Waals surface area contributed by atoms with E-state index in [4.69, 9.17) is 5.73 Å². The molecule has 0 radical (unpaired) electrons. The second-order valence-electron chi connectivity index (χ2n) is 6.77. The van der Waals surface area contributed by atoms with Crippen LogP contribution >= 0.6 is 0 Å². The summed E-state index contributed by atoms with van der Waals surface area (Å²) in [6.45, 7) is 5.48. The summed E-state index contributed by atoms with van der Waals surface area (Å²) in [5.74, 6) is 0.512. The molecule has 2 unspecified atom stereocenters. The normalized spacial score (nSPS) is 24.6. The Balaban J connectivity index is 1.85. The average molecular weight is 286 g/mol. The standard InChI is InChI=1S/C19H30N2/c1-2-21-12-6-5-9-19(21)18(14-20)17-11-10-15-7-3-4-8-16(15)13-17/h10-11,13,18-19H,2-9,12,14,20H2,1H3. The highest BCUT2D eigenvalue weighted by atomic mass is 15.2. The Morgan fingerprint density at radius 1 is 1.14 bits per heavy atom. The maximum Gasteiger partial charge on any atom is 0.0176 e. The molecule has 2 nitrogen and oxygen atoms in total. The molecule has 1 aliphatic carbocycles. The van der Waals surface area contributed by atoms with E-state index in [1.165, 1.54) is 57.1 Å². The molecule has 0 amide bonds. The van der Waals surface area contributed by atoms with Gasteiger partial charge in [0.25, 0.3) is 0 Å². The van der Waals surface area contributed by atoms with E-state index in [1.54, 1.807) is 11.1 Å². The van der Waals surface area contributed by atoms with Crippen LogP contribution < -0.4 is 5.73 Å². The zero-order valence-corrected chi connectivity index (χ0v) is 13.5. The molecule has 1 saturated heterocycles. The number of likely N-dealkylation sites (tertiary alicyclic amines) is 1. The first-order valence-corrected chi connectivity index (χ1v) is 8.89. The van der Waals surface area contributed by atoms with Crippen LogP contribution in [0.3, 0.4) is 0 Å². The lowest BCUT2D eigenvalue weighted by Crippen LogP contribution is -2.45. The van der Waals surface area contributed by atoms with Gasteiger partial charge in [-0.25, -0.2) is 0 Å². The van der Waals surface area contributed by atoms with E-state index in [0.29, 0.717) is 12.0 Å². The highest BCUT2D eigenvalue weighted by Gasteiger charge is 2.29. The van der Waals surface area contributed by atoms with Crippen LogP contribution in [0.2, 0.25) is 0 Å². The third kappa shape index (κ3) is 3.17. The summed E-state index contributed by atoms with van der Waals surface area (Å²) in [7, 11) is 0. The predicted molar refractivity (Wildman–Crippen MR) is 89.8 cm³/mol. The molecule has 116 valence electrons. The zero-order valence-electron chi connectivity index (χ0n) is 13.5. The topological polar surface area (TPSA) is 29.3 Å². The highest BCUT2D eigenvalue weighted by molar-refractivity contribution is 5.36. The Kier molecular flexibility index (Phi) is 4.97. The molecule has 1 aromatic rings. The van der Waals surface area contributed by atoms with Crippen molar-refractivity contribution in [1.82, 2.24) is 4.90 Å². The number of hydrogen-bond donors (Lipinski definition) is 1. The number of nitrogens with two attached hydrogens (primary N) is 1. The van der Waals surface area contributed by atoms with Crippen molar-refractivity contribution in [2.45, 2.75) is 63.8 Å². The Morgan fingerprint density at radius 3 is 2.71 bits per heavy atom. The van der Waals surface area contributed by atoms with E-state index in [0.717, 1.165) is 13.1 Å². The summed E-state index contributed by atoms with van der Waals surface area (Å²) in [5.41, 5.74) is 10.9. The lowest BCUT2D eigenvalue weighted by molar-refractivity contribution is 0.134. The fourth-order valence-electron chi connectivity index (χ4n) is 4.36. The predicted octanol–water partition coefficient (Wildman–Crippen LogP) is 3.48. The molecule has 1 heterocycles. The maximum atomic E-state index is 6.20. The van der Waals surface area contributed by atoms with Crippen LogP contribution in [-0.4, -0.2) is 30.6 Å². The molecule has 2 atom stereocenters. The number of hydrogen-bond acceptors (Lipinski definition) is 2. The average Bonchev–Trinajstić information content (AvgIpc) is 2.56. The van der Waals surface area contributed by atoms with Crippen LogP contribution in [0.5, 0.6) is 0 Å². The molecular weight excluding hydrogens is 256 g/mol. The van der Waals surface area contributed by atoms with E-state index in [1.807, 2.05) is 0 Å². The van der Waals surface area contributed by atoms with Gasteiger partial charge in [0.2, 0.25) is 0 Å². The van der Waals surface area contributed by atoms with Crippen molar-refractivity contribution in [1.29, 1.82) is 0 Å². The summed E-state index contributed by atoms with van der Waals surface area (Å²) in [5, 5.41) is 0. The Labute approximate surface area is 129 Å². The van der Waals surface area contributed by atoms with Crippen molar-refractivity contribution in [2.24, 2.45) is 5.73 Å². The number of rotatable bonds is 4. The summed E-state index contributed by atoms with van der Waals surface area (Å²) >= 11 is 0. The van der Waals surface area contributed by atoms with Crippen LogP contribution in [0.15, 0.2) is 18.2 Å². The quantitative estimate of drug-likeness (QED) is 0.918. The largest absolute Gasteiger partial charge is 0.330 e. The fraction of sp³-hybridized carbons (Fsp3) is 0.684. The van der Waals surface area contributed by atoms with Crippen molar-refractivity contribution in [3.8, 4) is 0 Å².